The third-order valence-electron chi connectivity index (χ3n) is 2.57. The van der Waals surface area contributed by atoms with E-state index in [1.54, 1.807) is 0 Å². The molecule has 1 saturated heterocycles. The van der Waals surface area contributed by atoms with Gasteiger partial charge in [0.15, 0.2) is 0 Å². The third-order valence-corrected chi connectivity index (χ3v) is 3.89. The number of benzene rings is 1. The van der Waals surface area contributed by atoms with E-state index in [4.69, 9.17) is 0 Å². The van der Waals surface area contributed by atoms with E-state index in [0.29, 0.717) is 0 Å². The van der Waals surface area contributed by atoms with Gasteiger partial charge in [-0.2, -0.15) is 4.31 Å². The number of nitrogens with zero attached hydrogens (tertiary/aromatic N) is 1. The van der Waals surface area contributed by atoms with Crippen LogP contribution in [0, 0.1) is 0 Å². The zero-order valence-corrected chi connectivity index (χ0v) is 9.03. The third kappa shape index (κ3) is 1.55. The van der Waals surface area contributed by atoms with E-state index in [1.165, 1.54) is 10.6 Å². The van der Waals surface area contributed by atoms with Crippen LogP contribution in [0.3, 0.4) is 0 Å². The highest BCUT2D eigenvalue weighted by atomic mass is 32.2. The monoisotopic (exact) mass is 211 g/mol. The molecule has 0 aliphatic carbocycles. The first-order valence-corrected chi connectivity index (χ1v) is 6.40. The van der Waals surface area contributed by atoms with E-state index in [0.717, 1.165) is 5.56 Å². The smallest absolute Gasteiger partial charge is 0.212 e. The molecule has 3 nitrogen and oxygen atoms in total. The lowest BCUT2D eigenvalue weighted by atomic mass is 10.1. The Morgan fingerprint density at radius 3 is 2.21 bits per heavy atom. The highest BCUT2D eigenvalue weighted by Crippen LogP contribution is 2.44. The van der Waals surface area contributed by atoms with Crippen molar-refractivity contribution in [3.63, 3.8) is 0 Å². The summed E-state index contributed by atoms with van der Waals surface area (Å²) in [4.78, 5) is 0. The van der Waals surface area contributed by atoms with Crippen LogP contribution < -0.4 is 0 Å². The highest BCUT2D eigenvalue weighted by Gasteiger charge is 2.50. The first kappa shape index (κ1) is 9.68. The van der Waals surface area contributed by atoms with Crippen molar-refractivity contribution in [2.75, 3.05) is 6.26 Å². The normalized spacial score (nSPS) is 31.4. The molecule has 0 aromatic heterocycles. The molecule has 76 valence electrons. The maximum absolute atomic E-state index is 11.3. The van der Waals surface area contributed by atoms with Crippen LogP contribution in [0.4, 0.5) is 0 Å². The molecule has 1 fully saturated rings. The van der Waals surface area contributed by atoms with Gasteiger partial charge in [0.2, 0.25) is 10.0 Å². The van der Waals surface area contributed by atoms with Crippen LogP contribution in [0.1, 0.15) is 18.5 Å². The number of sulfonamides is 1. The fourth-order valence-corrected chi connectivity index (χ4v) is 3.28. The quantitative estimate of drug-likeness (QED) is 0.693. The Hall–Kier alpha value is -0.870. The van der Waals surface area contributed by atoms with Crippen molar-refractivity contribution in [1.29, 1.82) is 0 Å². The van der Waals surface area contributed by atoms with Crippen LogP contribution in [0.15, 0.2) is 30.3 Å². The number of hydrogen-bond acceptors (Lipinski definition) is 2. The van der Waals surface area contributed by atoms with Gasteiger partial charge in [-0.25, -0.2) is 8.42 Å². The average Bonchev–Trinajstić information content (AvgIpc) is 2.78. The zero-order valence-electron chi connectivity index (χ0n) is 8.21. The van der Waals surface area contributed by atoms with E-state index in [2.05, 4.69) is 0 Å². The minimum atomic E-state index is -3.04. The molecular formula is C10H13NO2S. The predicted molar refractivity (Wildman–Crippen MR) is 55.3 cm³/mol. The van der Waals surface area contributed by atoms with E-state index in [-0.39, 0.29) is 12.1 Å². The fourth-order valence-electron chi connectivity index (χ4n) is 1.91. The van der Waals surface area contributed by atoms with Crippen LogP contribution in [0.5, 0.6) is 0 Å². The van der Waals surface area contributed by atoms with Crippen LogP contribution in [-0.2, 0) is 10.0 Å². The lowest BCUT2D eigenvalue weighted by molar-refractivity contribution is 0.555. The van der Waals surface area contributed by atoms with Crippen LogP contribution in [0.2, 0.25) is 0 Å². The summed E-state index contributed by atoms with van der Waals surface area (Å²) in [7, 11) is -3.04. The van der Waals surface area contributed by atoms with Gasteiger partial charge in [0.05, 0.1) is 12.3 Å². The molecule has 0 radical (unpaired) electrons. The molecule has 1 aromatic carbocycles. The van der Waals surface area contributed by atoms with Gasteiger partial charge in [-0.15, -0.1) is 0 Å². The minimum absolute atomic E-state index is 0.0474. The van der Waals surface area contributed by atoms with E-state index >= 15 is 0 Å². The van der Waals surface area contributed by atoms with Crippen molar-refractivity contribution in [3.05, 3.63) is 35.9 Å². The first-order chi connectivity index (χ1) is 6.52. The largest absolute Gasteiger partial charge is 0.212 e. The molecule has 2 rings (SSSR count). The number of rotatable bonds is 2. The molecule has 1 heterocycles. The SMILES string of the molecule is C[C@@H]1C(c2ccccc2)N1S(C)(=O)=O. The topological polar surface area (TPSA) is 37.1 Å². The standard InChI is InChI=1S/C10H13NO2S/c1-8-10(11(8)14(2,12)13)9-6-4-3-5-7-9/h3-8,10H,1-2H3/t8-,10?,11?/m1/s1. The Kier molecular flexibility index (Phi) is 2.12. The first-order valence-electron chi connectivity index (χ1n) is 4.55. The molecule has 0 saturated carbocycles. The summed E-state index contributed by atoms with van der Waals surface area (Å²) in [6.45, 7) is 1.93. The van der Waals surface area contributed by atoms with Gasteiger partial charge < -0.3 is 0 Å². The van der Waals surface area contributed by atoms with Gasteiger partial charge >= 0.3 is 0 Å². The van der Waals surface area contributed by atoms with Gasteiger partial charge in [0.1, 0.15) is 0 Å². The van der Waals surface area contributed by atoms with Gasteiger partial charge in [-0.05, 0) is 12.5 Å². The molecular weight excluding hydrogens is 198 g/mol. The van der Waals surface area contributed by atoms with Crippen molar-refractivity contribution in [2.45, 2.75) is 19.0 Å². The van der Waals surface area contributed by atoms with Crippen molar-refractivity contribution in [2.24, 2.45) is 0 Å². The minimum Gasteiger partial charge on any atom is -0.212 e. The Balaban J connectivity index is 2.26. The summed E-state index contributed by atoms with van der Waals surface area (Å²) < 4.78 is 24.2. The zero-order chi connectivity index (χ0) is 10.3. The summed E-state index contributed by atoms with van der Waals surface area (Å²) in [6, 6.07) is 9.88. The van der Waals surface area contributed by atoms with Crippen molar-refractivity contribution in [3.8, 4) is 0 Å². The average molecular weight is 211 g/mol. The molecule has 1 aromatic rings. The summed E-state index contributed by atoms with van der Waals surface area (Å²) in [6.07, 6.45) is 1.26. The Labute approximate surface area is 84.4 Å². The van der Waals surface area contributed by atoms with Crippen molar-refractivity contribution in [1.82, 2.24) is 4.31 Å². The Bertz CT molecular complexity index is 427. The van der Waals surface area contributed by atoms with Gasteiger partial charge in [-0.3, -0.25) is 0 Å². The maximum Gasteiger partial charge on any atom is 0.212 e. The highest BCUT2D eigenvalue weighted by molar-refractivity contribution is 7.88. The fraction of sp³-hybridized carbons (Fsp3) is 0.400. The second-order valence-corrected chi connectivity index (χ2v) is 5.58. The Morgan fingerprint density at radius 2 is 1.79 bits per heavy atom. The predicted octanol–water partition coefficient (Wildman–Crippen LogP) is 1.39. The Morgan fingerprint density at radius 1 is 1.21 bits per heavy atom. The maximum atomic E-state index is 11.3. The molecule has 14 heavy (non-hydrogen) atoms. The molecule has 0 N–H and O–H groups in total. The van der Waals surface area contributed by atoms with E-state index in [1.807, 2.05) is 37.3 Å². The van der Waals surface area contributed by atoms with Gasteiger partial charge in [-0.1, -0.05) is 30.3 Å². The van der Waals surface area contributed by atoms with Crippen molar-refractivity contribution < 1.29 is 8.42 Å². The molecule has 2 unspecified atom stereocenters. The molecule has 4 heteroatoms. The van der Waals surface area contributed by atoms with Crippen LogP contribution >= 0.6 is 0 Å². The van der Waals surface area contributed by atoms with Crippen molar-refractivity contribution >= 4 is 10.0 Å². The molecule has 0 bridgehead atoms. The molecule has 3 atom stereocenters. The van der Waals surface area contributed by atoms with Crippen LogP contribution in [0.25, 0.3) is 0 Å². The molecule has 1 aliphatic heterocycles. The lowest BCUT2D eigenvalue weighted by Crippen LogP contribution is -2.10. The van der Waals surface area contributed by atoms with E-state index < -0.39 is 10.0 Å². The lowest BCUT2D eigenvalue weighted by Gasteiger charge is -1.99. The molecule has 0 amide bonds. The second kappa shape index (κ2) is 3.07. The van der Waals surface area contributed by atoms with Gasteiger partial charge in [0.25, 0.3) is 0 Å². The van der Waals surface area contributed by atoms with Crippen LogP contribution in [-0.4, -0.2) is 25.0 Å². The molecule has 0 spiro atoms. The summed E-state index contributed by atoms with van der Waals surface area (Å²) >= 11 is 0. The number of hydrogen-bond donors (Lipinski definition) is 0. The van der Waals surface area contributed by atoms with Gasteiger partial charge in [0, 0.05) is 6.04 Å². The summed E-state index contributed by atoms with van der Waals surface area (Å²) in [5.41, 5.74) is 1.07. The second-order valence-electron chi connectivity index (χ2n) is 3.69. The summed E-state index contributed by atoms with van der Waals surface area (Å²) in [5, 5.41) is 0. The molecule has 1 aliphatic rings. The van der Waals surface area contributed by atoms with E-state index in [9.17, 15) is 8.42 Å². The summed E-state index contributed by atoms with van der Waals surface area (Å²) in [5.74, 6) is 0.